The first-order valence-corrected chi connectivity index (χ1v) is 8.43. The third-order valence-corrected chi connectivity index (χ3v) is 4.57. The highest BCUT2D eigenvalue weighted by Crippen LogP contribution is 2.32. The van der Waals surface area contributed by atoms with Crippen molar-refractivity contribution in [2.45, 2.75) is 16.1 Å². The molecule has 0 aliphatic rings. The Kier molecular flexibility index (Phi) is 5.05. The molecule has 0 unspecified atom stereocenters. The Morgan fingerprint density at radius 1 is 1.00 bits per heavy atom. The molecule has 2 aromatic carbocycles. The SMILES string of the molecule is O=c1c(Oc2cccc(C(F)(F)F)c2)nsnc1Sc1ccccc1. The molecule has 128 valence electrons. The van der Waals surface area contributed by atoms with Gasteiger partial charge in [0.25, 0.3) is 11.3 Å². The predicted octanol–water partition coefficient (Wildman–Crippen LogP) is 4.86. The van der Waals surface area contributed by atoms with E-state index in [1.807, 2.05) is 30.3 Å². The second-order valence-electron chi connectivity index (χ2n) is 4.75. The van der Waals surface area contributed by atoms with Gasteiger partial charge in [-0.2, -0.15) is 17.5 Å². The third-order valence-electron chi connectivity index (χ3n) is 2.97. The number of rotatable bonds is 4. The molecule has 25 heavy (non-hydrogen) atoms. The number of alkyl halides is 3. The van der Waals surface area contributed by atoms with Crippen molar-refractivity contribution in [3.63, 3.8) is 0 Å². The Labute approximate surface area is 148 Å². The Bertz CT molecular complexity index is 930. The van der Waals surface area contributed by atoms with E-state index >= 15 is 0 Å². The highest BCUT2D eigenvalue weighted by atomic mass is 32.2. The zero-order valence-corrected chi connectivity index (χ0v) is 14.0. The average Bonchev–Trinajstić information content (AvgIpc) is 2.59. The molecule has 3 aromatic rings. The number of ether oxygens (including phenoxy) is 1. The van der Waals surface area contributed by atoms with Gasteiger partial charge in [0.05, 0.1) is 17.3 Å². The van der Waals surface area contributed by atoms with Gasteiger partial charge in [0.15, 0.2) is 5.03 Å². The quantitative estimate of drug-likeness (QED) is 0.645. The number of hydrogen-bond acceptors (Lipinski definition) is 6. The largest absolute Gasteiger partial charge is 0.435 e. The summed E-state index contributed by atoms with van der Waals surface area (Å²) in [5, 5.41) is 0.146. The zero-order chi connectivity index (χ0) is 17.9. The molecule has 1 aromatic heterocycles. The van der Waals surface area contributed by atoms with E-state index in [4.69, 9.17) is 4.74 Å². The van der Waals surface area contributed by atoms with Crippen LogP contribution in [0.2, 0.25) is 0 Å². The molecular weight excluding hydrogens is 373 g/mol. The summed E-state index contributed by atoms with van der Waals surface area (Å²) in [4.78, 5) is 13.2. The summed E-state index contributed by atoms with van der Waals surface area (Å²) >= 11 is 1.88. The van der Waals surface area contributed by atoms with Crippen LogP contribution in [0, 0.1) is 0 Å². The lowest BCUT2D eigenvalue weighted by Gasteiger charge is -2.09. The van der Waals surface area contributed by atoms with E-state index in [0.29, 0.717) is 0 Å². The number of benzene rings is 2. The van der Waals surface area contributed by atoms with Crippen LogP contribution in [0.25, 0.3) is 0 Å². The maximum atomic E-state index is 12.7. The Hall–Kier alpha value is -2.39. The summed E-state index contributed by atoms with van der Waals surface area (Å²) in [6.07, 6.45) is -4.50. The van der Waals surface area contributed by atoms with Gasteiger partial charge >= 0.3 is 6.18 Å². The maximum Gasteiger partial charge on any atom is 0.416 e. The molecule has 0 spiro atoms. The van der Waals surface area contributed by atoms with Gasteiger partial charge in [0.1, 0.15) is 5.75 Å². The minimum atomic E-state index is -4.50. The van der Waals surface area contributed by atoms with E-state index in [9.17, 15) is 18.0 Å². The van der Waals surface area contributed by atoms with Crippen LogP contribution in [0.1, 0.15) is 5.56 Å². The second kappa shape index (κ2) is 7.24. The van der Waals surface area contributed by atoms with E-state index < -0.39 is 17.2 Å². The molecule has 4 nitrogen and oxygen atoms in total. The molecule has 0 radical (unpaired) electrons. The minimum absolute atomic E-state index is 0.117. The lowest BCUT2D eigenvalue weighted by Crippen LogP contribution is -2.10. The first kappa shape index (κ1) is 17.4. The van der Waals surface area contributed by atoms with Crippen molar-refractivity contribution in [2.75, 3.05) is 0 Å². The van der Waals surface area contributed by atoms with E-state index in [1.165, 1.54) is 12.1 Å². The van der Waals surface area contributed by atoms with Crippen LogP contribution in [-0.4, -0.2) is 8.75 Å². The topological polar surface area (TPSA) is 52.1 Å². The molecule has 0 bridgehead atoms. The molecule has 0 saturated heterocycles. The summed E-state index contributed by atoms with van der Waals surface area (Å²) in [6, 6.07) is 13.4. The Morgan fingerprint density at radius 2 is 1.76 bits per heavy atom. The number of aromatic nitrogens is 2. The van der Waals surface area contributed by atoms with E-state index in [1.54, 1.807) is 0 Å². The molecular formula is C16H9F3N2O2S2. The van der Waals surface area contributed by atoms with Crippen LogP contribution in [0.5, 0.6) is 11.6 Å². The maximum absolute atomic E-state index is 12.7. The third kappa shape index (κ3) is 4.37. The smallest absolute Gasteiger partial charge is 0.416 e. The van der Waals surface area contributed by atoms with Gasteiger partial charge in [-0.15, -0.1) is 4.37 Å². The van der Waals surface area contributed by atoms with Crippen molar-refractivity contribution >= 4 is 23.5 Å². The van der Waals surface area contributed by atoms with Gasteiger partial charge in [0, 0.05) is 4.90 Å². The van der Waals surface area contributed by atoms with Crippen molar-refractivity contribution in [3.05, 3.63) is 70.4 Å². The summed E-state index contributed by atoms with van der Waals surface area (Å²) in [6.45, 7) is 0. The minimum Gasteiger partial charge on any atom is -0.435 e. The van der Waals surface area contributed by atoms with Crippen LogP contribution in [0.4, 0.5) is 13.2 Å². The fourth-order valence-electron chi connectivity index (χ4n) is 1.85. The molecule has 0 N–H and O–H groups in total. The Balaban J connectivity index is 1.87. The van der Waals surface area contributed by atoms with Crippen molar-refractivity contribution in [1.29, 1.82) is 0 Å². The van der Waals surface area contributed by atoms with Crippen LogP contribution >= 0.6 is 23.5 Å². The van der Waals surface area contributed by atoms with Gasteiger partial charge < -0.3 is 4.74 Å². The summed E-state index contributed by atoms with van der Waals surface area (Å²) in [5.41, 5.74) is -1.45. The number of hydrogen-bond donors (Lipinski definition) is 0. The first-order chi connectivity index (χ1) is 11.9. The molecule has 0 saturated carbocycles. The summed E-state index contributed by atoms with van der Waals surface area (Å²) in [5.74, 6) is -0.425. The van der Waals surface area contributed by atoms with Crippen molar-refractivity contribution < 1.29 is 17.9 Å². The monoisotopic (exact) mass is 382 g/mol. The molecule has 0 aliphatic carbocycles. The highest BCUT2D eigenvalue weighted by Gasteiger charge is 2.30. The molecule has 0 aliphatic heterocycles. The highest BCUT2D eigenvalue weighted by molar-refractivity contribution is 7.99. The normalized spacial score (nSPS) is 11.3. The Morgan fingerprint density at radius 3 is 2.48 bits per heavy atom. The molecule has 0 atom stereocenters. The van der Waals surface area contributed by atoms with Crippen molar-refractivity contribution in [2.24, 2.45) is 0 Å². The summed E-state index contributed by atoms with van der Waals surface area (Å²) in [7, 11) is 0. The zero-order valence-electron chi connectivity index (χ0n) is 12.4. The second-order valence-corrected chi connectivity index (χ2v) is 6.34. The van der Waals surface area contributed by atoms with Crippen LogP contribution < -0.4 is 10.2 Å². The van der Waals surface area contributed by atoms with Gasteiger partial charge in [-0.25, -0.2) is 0 Å². The molecule has 9 heteroatoms. The lowest BCUT2D eigenvalue weighted by atomic mass is 10.2. The van der Waals surface area contributed by atoms with Gasteiger partial charge in [-0.05, 0) is 30.3 Å². The summed E-state index contributed by atoms with van der Waals surface area (Å²) < 4.78 is 51.2. The average molecular weight is 382 g/mol. The van der Waals surface area contributed by atoms with Crippen molar-refractivity contribution in [1.82, 2.24) is 8.75 Å². The van der Waals surface area contributed by atoms with Gasteiger partial charge in [0.2, 0.25) is 0 Å². The van der Waals surface area contributed by atoms with E-state index in [-0.39, 0.29) is 16.7 Å². The molecule has 1 heterocycles. The van der Waals surface area contributed by atoms with Gasteiger partial charge in [-0.1, -0.05) is 36.0 Å². The van der Waals surface area contributed by atoms with E-state index in [0.717, 1.165) is 40.5 Å². The van der Waals surface area contributed by atoms with Crippen LogP contribution in [-0.2, 0) is 6.18 Å². The fourth-order valence-corrected chi connectivity index (χ4v) is 3.18. The van der Waals surface area contributed by atoms with Crippen LogP contribution in [0.15, 0.2) is 69.3 Å². The lowest BCUT2D eigenvalue weighted by molar-refractivity contribution is -0.137. The number of halogens is 3. The predicted molar refractivity (Wildman–Crippen MR) is 88.3 cm³/mol. The molecule has 0 fully saturated rings. The first-order valence-electron chi connectivity index (χ1n) is 6.88. The van der Waals surface area contributed by atoms with Gasteiger partial charge in [-0.3, -0.25) is 4.79 Å². The van der Waals surface area contributed by atoms with Crippen molar-refractivity contribution in [3.8, 4) is 11.6 Å². The number of nitrogens with zero attached hydrogens (tertiary/aromatic N) is 2. The fraction of sp³-hybridized carbons (Fsp3) is 0.0625. The standard InChI is InChI=1S/C16H9F3N2O2S2/c17-16(18,19)10-5-4-6-11(9-10)23-14-13(22)15(21-25-20-14)24-12-7-2-1-3-8-12/h1-9H. The van der Waals surface area contributed by atoms with Crippen LogP contribution in [0.3, 0.4) is 0 Å². The molecule has 0 amide bonds. The van der Waals surface area contributed by atoms with E-state index in [2.05, 4.69) is 8.75 Å². The molecule has 3 rings (SSSR count).